The Kier molecular flexibility index (Phi) is 8.32. The molecule has 2 aromatic rings. The van der Waals surface area contributed by atoms with Gasteiger partial charge in [-0.1, -0.05) is 18.2 Å². The summed E-state index contributed by atoms with van der Waals surface area (Å²) >= 11 is 0. The summed E-state index contributed by atoms with van der Waals surface area (Å²) in [4.78, 5) is 4.15. The number of nitrogens with one attached hydrogen (secondary N) is 2. The average Bonchev–Trinajstić information content (AvgIpc) is 2.73. The fourth-order valence-corrected chi connectivity index (χ4v) is 2.68. The van der Waals surface area contributed by atoms with Crippen molar-refractivity contribution in [3.8, 4) is 23.0 Å². The van der Waals surface area contributed by atoms with Crippen molar-refractivity contribution in [2.75, 3.05) is 28.4 Å². The Morgan fingerprint density at radius 3 is 2.10 bits per heavy atom. The Morgan fingerprint density at radius 2 is 1.55 bits per heavy atom. The van der Waals surface area contributed by atoms with Crippen LogP contribution >= 0.6 is 0 Å². The van der Waals surface area contributed by atoms with Crippen molar-refractivity contribution in [3.05, 3.63) is 47.5 Å². The van der Waals surface area contributed by atoms with Crippen LogP contribution < -0.4 is 29.6 Å². The molecule has 0 amide bonds. The van der Waals surface area contributed by atoms with Crippen LogP contribution in [0.5, 0.6) is 23.0 Å². The minimum atomic E-state index is -2.89. The number of nitrogens with zero attached hydrogens (tertiary/aromatic N) is 1. The van der Waals surface area contributed by atoms with Gasteiger partial charge in [-0.05, 0) is 6.07 Å². The highest BCUT2D eigenvalue weighted by Crippen LogP contribution is 2.33. The SMILES string of the molecule is CN=C(NCc1ccccc1OC(F)F)NCc1c(OC)cc(OC)cc1OC. The van der Waals surface area contributed by atoms with Crippen molar-refractivity contribution in [1.82, 2.24) is 10.6 Å². The summed E-state index contributed by atoms with van der Waals surface area (Å²) in [6, 6.07) is 10.1. The van der Waals surface area contributed by atoms with Crippen molar-refractivity contribution in [1.29, 1.82) is 0 Å². The number of aliphatic imine (C=N–C) groups is 1. The van der Waals surface area contributed by atoms with E-state index in [-0.39, 0.29) is 12.3 Å². The molecule has 0 fully saturated rings. The zero-order chi connectivity index (χ0) is 21.2. The highest BCUT2D eigenvalue weighted by molar-refractivity contribution is 5.79. The molecule has 0 saturated carbocycles. The van der Waals surface area contributed by atoms with Gasteiger partial charge in [-0.3, -0.25) is 4.99 Å². The van der Waals surface area contributed by atoms with Gasteiger partial charge in [0, 0.05) is 31.3 Å². The molecule has 0 atom stereocenters. The molecule has 9 heteroatoms. The number of alkyl halides is 2. The number of para-hydroxylation sites is 1. The molecule has 29 heavy (non-hydrogen) atoms. The Hall–Kier alpha value is -3.23. The number of rotatable bonds is 9. The molecular formula is C20H25F2N3O4. The second kappa shape index (κ2) is 10.9. The number of hydrogen-bond acceptors (Lipinski definition) is 5. The molecule has 0 aliphatic heterocycles. The molecule has 0 spiro atoms. The van der Waals surface area contributed by atoms with E-state index in [2.05, 4.69) is 20.4 Å². The third kappa shape index (κ3) is 6.13. The monoisotopic (exact) mass is 409 g/mol. The molecule has 2 aromatic carbocycles. The van der Waals surface area contributed by atoms with Crippen LogP contribution in [0, 0.1) is 0 Å². The van der Waals surface area contributed by atoms with Crippen LogP contribution in [0.15, 0.2) is 41.4 Å². The van der Waals surface area contributed by atoms with Crippen LogP contribution in [0.3, 0.4) is 0 Å². The van der Waals surface area contributed by atoms with Crippen LogP contribution in [0.1, 0.15) is 11.1 Å². The Bertz CT molecular complexity index is 806. The van der Waals surface area contributed by atoms with E-state index in [9.17, 15) is 8.78 Å². The molecule has 158 valence electrons. The van der Waals surface area contributed by atoms with Crippen molar-refractivity contribution >= 4 is 5.96 Å². The Morgan fingerprint density at radius 1 is 0.931 bits per heavy atom. The molecule has 2 rings (SSSR count). The summed E-state index contributed by atoms with van der Waals surface area (Å²) in [5.41, 5.74) is 1.36. The molecule has 0 unspecified atom stereocenters. The van der Waals surface area contributed by atoms with Crippen molar-refractivity contribution in [3.63, 3.8) is 0 Å². The van der Waals surface area contributed by atoms with Crippen molar-refractivity contribution in [2.24, 2.45) is 4.99 Å². The first-order valence-corrected chi connectivity index (χ1v) is 8.78. The maximum atomic E-state index is 12.6. The van der Waals surface area contributed by atoms with Crippen LogP contribution in [-0.2, 0) is 13.1 Å². The lowest BCUT2D eigenvalue weighted by molar-refractivity contribution is -0.0504. The first-order valence-electron chi connectivity index (χ1n) is 8.78. The van der Waals surface area contributed by atoms with Gasteiger partial charge in [0.05, 0.1) is 33.4 Å². The summed E-state index contributed by atoms with van der Waals surface area (Å²) in [6.45, 7) is -2.28. The zero-order valence-corrected chi connectivity index (χ0v) is 16.8. The largest absolute Gasteiger partial charge is 0.496 e. The molecule has 0 aliphatic rings. The third-order valence-corrected chi connectivity index (χ3v) is 4.11. The quantitative estimate of drug-likeness (QED) is 0.490. The van der Waals surface area contributed by atoms with E-state index >= 15 is 0 Å². The summed E-state index contributed by atoms with van der Waals surface area (Å²) in [6.07, 6.45) is 0. The van der Waals surface area contributed by atoms with Crippen LogP contribution in [-0.4, -0.2) is 40.9 Å². The molecular weight excluding hydrogens is 384 g/mol. The van der Waals surface area contributed by atoms with E-state index in [1.165, 1.54) is 6.07 Å². The van der Waals surface area contributed by atoms with Crippen LogP contribution in [0.2, 0.25) is 0 Å². The summed E-state index contributed by atoms with van der Waals surface area (Å²) in [5, 5.41) is 6.23. The highest BCUT2D eigenvalue weighted by Gasteiger charge is 2.14. The summed E-state index contributed by atoms with van der Waals surface area (Å²) < 4.78 is 45.8. The maximum absolute atomic E-state index is 12.6. The second-order valence-corrected chi connectivity index (χ2v) is 5.78. The number of methoxy groups -OCH3 is 3. The third-order valence-electron chi connectivity index (χ3n) is 4.11. The van der Waals surface area contributed by atoms with Crippen molar-refractivity contribution < 1.29 is 27.7 Å². The van der Waals surface area contributed by atoms with Crippen LogP contribution in [0.25, 0.3) is 0 Å². The van der Waals surface area contributed by atoms with Gasteiger partial charge in [0.2, 0.25) is 0 Å². The predicted octanol–water partition coefficient (Wildman–Crippen LogP) is 3.18. The lowest BCUT2D eigenvalue weighted by Crippen LogP contribution is -2.36. The van der Waals surface area contributed by atoms with E-state index < -0.39 is 6.61 Å². The number of benzene rings is 2. The number of ether oxygens (including phenoxy) is 4. The highest BCUT2D eigenvalue weighted by atomic mass is 19.3. The van der Waals surface area contributed by atoms with E-state index in [0.717, 1.165) is 5.56 Å². The number of hydrogen-bond donors (Lipinski definition) is 2. The van der Waals surface area contributed by atoms with E-state index in [1.54, 1.807) is 58.7 Å². The molecule has 0 heterocycles. The van der Waals surface area contributed by atoms with Gasteiger partial charge in [0.25, 0.3) is 0 Å². The second-order valence-electron chi connectivity index (χ2n) is 5.78. The fraction of sp³-hybridized carbons (Fsp3) is 0.350. The molecule has 0 aliphatic carbocycles. The minimum Gasteiger partial charge on any atom is -0.496 e. The first-order chi connectivity index (χ1) is 14.0. The van der Waals surface area contributed by atoms with Gasteiger partial charge in [-0.25, -0.2) is 0 Å². The molecule has 0 saturated heterocycles. The topological polar surface area (TPSA) is 73.3 Å². The Balaban J connectivity index is 2.07. The van der Waals surface area contributed by atoms with Gasteiger partial charge in [-0.15, -0.1) is 0 Å². The molecule has 0 aromatic heterocycles. The maximum Gasteiger partial charge on any atom is 0.387 e. The Labute approximate surface area is 168 Å². The fourth-order valence-electron chi connectivity index (χ4n) is 2.68. The van der Waals surface area contributed by atoms with E-state index in [0.29, 0.717) is 35.3 Å². The van der Waals surface area contributed by atoms with Gasteiger partial charge in [0.15, 0.2) is 5.96 Å². The predicted molar refractivity (Wildman–Crippen MR) is 106 cm³/mol. The van der Waals surface area contributed by atoms with Gasteiger partial charge in [0.1, 0.15) is 23.0 Å². The smallest absolute Gasteiger partial charge is 0.387 e. The standard InChI is InChI=1S/C20H25F2N3O4/c1-23-20(24-11-13-7-5-6-8-16(13)29-19(21)22)25-12-15-17(27-3)9-14(26-2)10-18(15)28-4/h5-10,19H,11-12H2,1-4H3,(H2,23,24,25). The average molecular weight is 409 g/mol. The molecule has 0 radical (unpaired) electrons. The zero-order valence-electron chi connectivity index (χ0n) is 16.8. The van der Waals surface area contributed by atoms with Gasteiger partial charge in [-0.2, -0.15) is 8.78 Å². The summed E-state index contributed by atoms with van der Waals surface area (Å²) in [5.74, 6) is 2.39. The molecule has 0 bridgehead atoms. The number of guanidine groups is 1. The van der Waals surface area contributed by atoms with Gasteiger partial charge < -0.3 is 29.6 Å². The lowest BCUT2D eigenvalue weighted by Gasteiger charge is -2.18. The van der Waals surface area contributed by atoms with E-state index in [4.69, 9.17) is 14.2 Å². The van der Waals surface area contributed by atoms with Crippen molar-refractivity contribution in [2.45, 2.75) is 19.7 Å². The normalized spacial score (nSPS) is 11.2. The lowest BCUT2D eigenvalue weighted by atomic mass is 10.1. The van der Waals surface area contributed by atoms with Gasteiger partial charge >= 0.3 is 6.61 Å². The minimum absolute atomic E-state index is 0.115. The molecule has 7 nitrogen and oxygen atoms in total. The number of halogens is 2. The summed E-state index contributed by atoms with van der Waals surface area (Å²) in [7, 11) is 6.29. The first kappa shape index (κ1) is 22.1. The van der Waals surface area contributed by atoms with E-state index in [1.807, 2.05) is 0 Å². The molecule has 2 N–H and O–H groups in total. The van der Waals surface area contributed by atoms with Crippen LogP contribution in [0.4, 0.5) is 8.78 Å².